The first kappa shape index (κ1) is 28.5. The van der Waals surface area contributed by atoms with E-state index in [9.17, 15) is 18.0 Å². The van der Waals surface area contributed by atoms with Crippen molar-refractivity contribution in [3.63, 3.8) is 0 Å². The number of carbonyl (C=O) groups is 2. The van der Waals surface area contributed by atoms with Gasteiger partial charge in [0.15, 0.2) is 0 Å². The number of aryl methyl sites for hydroxylation is 1. The minimum Gasteiger partial charge on any atom is -0.357 e. The number of nitrogens with zero attached hydrogens (tertiary/aromatic N) is 2. The average molecular weight is 563 g/mol. The van der Waals surface area contributed by atoms with Crippen molar-refractivity contribution in [1.29, 1.82) is 0 Å². The van der Waals surface area contributed by atoms with E-state index in [-0.39, 0.29) is 23.0 Å². The summed E-state index contributed by atoms with van der Waals surface area (Å²) in [5.74, 6) is -0.935. The number of likely N-dealkylation sites (N-methyl/N-ethyl adjacent to an activating group) is 1. The van der Waals surface area contributed by atoms with Gasteiger partial charge in [-0.2, -0.15) is 0 Å². The summed E-state index contributed by atoms with van der Waals surface area (Å²) in [6.07, 6.45) is 0. The van der Waals surface area contributed by atoms with Crippen molar-refractivity contribution < 1.29 is 18.0 Å². The number of halogens is 2. The predicted molar refractivity (Wildman–Crippen MR) is 147 cm³/mol. The lowest BCUT2D eigenvalue weighted by Gasteiger charge is -2.32. The first-order valence-corrected chi connectivity index (χ1v) is 13.7. The van der Waals surface area contributed by atoms with Gasteiger partial charge < -0.3 is 10.2 Å². The Morgan fingerprint density at radius 1 is 0.946 bits per heavy atom. The van der Waals surface area contributed by atoms with E-state index in [2.05, 4.69) is 5.32 Å². The Kier molecular flexibility index (Phi) is 9.23. The molecule has 1 atom stereocenters. The van der Waals surface area contributed by atoms with E-state index in [1.807, 2.05) is 6.92 Å². The summed E-state index contributed by atoms with van der Waals surface area (Å²) in [6.45, 7) is 4.69. The van der Waals surface area contributed by atoms with Gasteiger partial charge in [-0.15, -0.1) is 0 Å². The normalized spacial score (nSPS) is 12.1. The van der Waals surface area contributed by atoms with E-state index in [0.717, 1.165) is 15.4 Å². The van der Waals surface area contributed by atoms with Crippen LogP contribution in [0.15, 0.2) is 71.6 Å². The van der Waals surface area contributed by atoms with Crippen LogP contribution in [0.4, 0.5) is 5.69 Å². The second-order valence-corrected chi connectivity index (χ2v) is 11.4. The summed E-state index contributed by atoms with van der Waals surface area (Å²) in [7, 11) is -2.68. The zero-order valence-electron chi connectivity index (χ0n) is 21.0. The molecule has 0 fully saturated rings. The highest BCUT2D eigenvalue weighted by Gasteiger charge is 2.33. The second kappa shape index (κ2) is 12.0. The number of benzene rings is 3. The van der Waals surface area contributed by atoms with E-state index in [1.165, 1.54) is 24.1 Å². The van der Waals surface area contributed by atoms with E-state index in [4.69, 9.17) is 23.2 Å². The van der Waals surface area contributed by atoms with Gasteiger partial charge in [0.05, 0.1) is 10.6 Å². The molecule has 3 rings (SSSR count). The lowest BCUT2D eigenvalue weighted by Crippen LogP contribution is -2.50. The van der Waals surface area contributed by atoms with E-state index < -0.39 is 28.5 Å². The zero-order chi connectivity index (χ0) is 27.3. The summed E-state index contributed by atoms with van der Waals surface area (Å²) in [5.41, 5.74) is 2.42. The fourth-order valence-electron chi connectivity index (χ4n) is 3.80. The summed E-state index contributed by atoms with van der Waals surface area (Å²) >= 11 is 12.3. The van der Waals surface area contributed by atoms with Crippen LogP contribution in [-0.2, 0) is 26.2 Å². The first-order valence-electron chi connectivity index (χ1n) is 11.6. The largest absolute Gasteiger partial charge is 0.357 e. The Morgan fingerprint density at radius 3 is 2.16 bits per heavy atom. The van der Waals surface area contributed by atoms with Crippen LogP contribution in [0.5, 0.6) is 0 Å². The molecule has 0 saturated carbocycles. The van der Waals surface area contributed by atoms with Crippen molar-refractivity contribution in [2.24, 2.45) is 0 Å². The summed E-state index contributed by atoms with van der Waals surface area (Å²) < 4.78 is 28.7. The van der Waals surface area contributed by atoms with Crippen LogP contribution < -0.4 is 9.62 Å². The number of hydrogen-bond donors (Lipinski definition) is 1. The first-order chi connectivity index (χ1) is 17.4. The molecule has 7 nitrogen and oxygen atoms in total. The predicted octanol–water partition coefficient (Wildman–Crippen LogP) is 4.97. The van der Waals surface area contributed by atoms with Gasteiger partial charge in [0.1, 0.15) is 12.6 Å². The Morgan fingerprint density at radius 2 is 1.57 bits per heavy atom. The summed E-state index contributed by atoms with van der Waals surface area (Å²) in [4.78, 5) is 27.7. The SMILES string of the molecule is CNC(=O)C(C)N(Cc1ccc(Cl)cc1)C(=O)CN(c1cccc(Cl)c1C)S(=O)(=O)c1ccc(C)cc1. The quantitative estimate of drug-likeness (QED) is 0.399. The molecule has 0 heterocycles. The van der Waals surface area contributed by atoms with Gasteiger partial charge in [-0.25, -0.2) is 8.42 Å². The molecule has 1 unspecified atom stereocenters. The van der Waals surface area contributed by atoms with Gasteiger partial charge in [-0.05, 0) is 68.3 Å². The molecule has 3 aromatic carbocycles. The molecule has 2 amide bonds. The number of nitrogens with one attached hydrogen (secondary N) is 1. The zero-order valence-corrected chi connectivity index (χ0v) is 23.4. The molecule has 0 aromatic heterocycles. The Labute approximate surface area is 228 Å². The minimum atomic E-state index is -4.16. The van der Waals surface area contributed by atoms with Crippen LogP contribution in [0.25, 0.3) is 0 Å². The van der Waals surface area contributed by atoms with Crippen LogP contribution in [0, 0.1) is 13.8 Å². The van der Waals surface area contributed by atoms with Crippen molar-refractivity contribution >= 4 is 50.7 Å². The second-order valence-electron chi connectivity index (χ2n) is 8.65. The van der Waals surface area contributed by atoms with Crippen molar-refractivity contribution in [3.8, 4) is 0 Å². The number of anilines is 1. The van der Waals surface area contributed by atoms with Gasteiger partial charge in [0.25, 0.3) is 10.0 Å². The molecule has 0 bridgehead atoms. The molecule has 0 aliphatic heterocycles. The third-order valence-electron chi connectivity index (χ3n) is 6.08. The van der Waals surface area contributed by atoms with E-state index in [0.29, 0.717) is 15.6 Å². The van der Waals surface area contributed by atoms with E-state index >= 15 is 0 Å². The number of hydrogen-bond acceptors (Lipinski definition) is 4. The monoisotopic (exact) mass is 561 g/mol. The van der Waals surface area contributed by atoms with Gasteiger partial charge >= 0.3 is 0 Å². The molecule has 1 N–H and O–H groups in total. The summed E-state index contributed by atoms with van der Waals surface area (Å²) in [5, 5.41) is 3.46. The number of sulfonamides is 1. The number of amides is 2. The molecule has 196 valence electrons. The molecular weight excluding hydrogens is 533 g/mol. The molecule has 0 spiro atoms. The lowest BCUT2D eigenvalue weighted by molar-refractivity contribution is -0.139. The molecule has 10 heteroatoms. The minimum absolute atomic E-state index is 0.0360. The highest BCUT2D eigenvalue weighted by atomic mass is 35.5. The Balaban J connectivity index is 2.07. The topological polar surface area (TPSA) is 86.8 Å². The molecule has 0 aliphatic carbocycles. The van der Waals surface area contributed by atoms with Crippen LogP contribution in [-0.4, -0.2) is 44.8 Å². The summed E-state index contributed by atoms with van der Waals surface area (Å²) in [6, 6.07) is 17.3. The van der Waals surface area contributed by atoms with Crippen molar-refractivity contribution in [2.75, 3.05) is 17.9 Å². The van der Waals surface area contributed by atoms with Gasteiger partial charge in [-0.1, -0.05) is 59.1 Å². The van der Waals surface area contributed by atoms with Gasteiger partial charge in [-0.3, -0.25) is 13.9 Å². The molecule has 37 heavy (non-hydrogen) atoms. The van der Waals surface area contributed by atoms with Crippen molar-refractivity contribution in [2.45, 2.75) is 38.3 Å². The fraction of sp³-hybridized carbons (Fsp3) is 0.259. The number of carbonyl (C=O) groups excluding carboxylic acids is 2. The van der Waals surface area contributed by atoms with E-state index in [1.54, 1.807) is 68.4 Å². The molecule has 3 aromatic rings. The van der Waals surface area contributed by atoms with Crippen molar-refractivity contribution in [3.05, 3.63) is 93.5 Å². The Bertz CT molecular complexity index is 1380. The average Bonchev–Trinajstić information content (AvgIpc) is 2.88. The highest BCUT2D eigenvalue weighted by molar-refractivity contribution is 7.92. The van der Waals surface area contributed by atoms with Gasteiger partial charge in [0.2, 0.25) is 11.8 Å². The molecule has 0 saturated heterocycles. The maximum atomic E-state index is 13.8. The number of rotatable bonds is 9. The Hall–Kier alpha value is -3.07. The molecular formula is C27H29Cl2N3O4S. The van der Waals surface area contributed by atoms with Crippen molar-refractivity contribution in [1.82, 2.24) is 10.2 Å². The standard InChI is InChI=1S/C27H29Cl2N3O4S/c1-18-8-14-23(15-9-18)37(35,36)32(25-7-5-6-24(29)19(25)2)17-26(33)31(20(3)27(34)30-4)16-21-10-12-22(28)13-11-21/h5-15,20H,16-17H2,1-4H3,(H,30,34). The molecule has 0 radical (unpaired) electrons. The van der Waals surface area contributed by atoms with Crippen LogP contribution in [0.3, 0.4) is 0 Å². The van der Waals surface area contributed by atoms with Crippen LogP contribution in [0.2, 0.25) is 10.0 Å². The third-order valence-corrected chi connectivity index (χ3v) is 8.51. The van der Waals surface area contributed by atoms with Crippen LogP contribution >= 0.6 is 23.2 Å². The highest BCUT2D eigenvalue weighted by Crippen LogP contribution is 2.31. The van der Waals surface area contributed by atoms with Crippen LogP contribution in [0.1, 0.15) is 23.6 Å². The maximum absolute atomic E-state index is 13.8. The smallest absolute Gasteiger partial charge is 0.264 e. The molecule has 0 aliphatic rings. The fourth-order valence-corrected chi connectivity index (χ4v) is 5.56. The maximum Gasteiger partial charge on any atom is 0.264 e. The lowest BCUT2D eigenvalue weighted by atomic mass is 10.1. The third kappa shape index (κ3) is 6.63. The van der Waals surface area contributed by atoms with Gasteiger partial charge in [0, 0.05) is 23.6 Å².